The molecule has 2 heterocycles. The lowest BCUT2D eigenvalue weighted by molar-refractivity contribution is 0.102. The van der Waals surface area contributed by atoms with Gasteiger partial charge < -0.3 is 10.2 Å². The van der Waals surface area contributed by atoms with Crippen molar-refractivity contribution in [2.24, 2.45) is 0 Å². The SMILES string of the molecule is CCCCN1CCC(c2nc(C(=O)Nc3ccccc3-c3ccc(CC)cc3)cs2)CC1. The van der Waals surface area contributed by atoms with Gasteiger partial charge in [-0.2, -0.15) is 0 Å². The summed E-state index contributed by atoms with van der Waals surface area (Å²) in [5, 5.41) is 6.11. The van der Waals surface area contributed by atoms with Crippen LogP contribution in [0.15, 0.2) is 53.9 Å². The minimum Gasteiger partial charge on any atom is -0.320 e. The smallest absolute Gasteiger partial charge is 0.275 e. The van der Waals surface area contributed by atoms with Crippen molar-refractivity contribution in [3.05, 3.63) is 70.2 Å². The second-order valence-corrected chi connectivity index (χ2v) is 9.48. The normalized spacial score (nSPS) is 15.1. The number of carbonyl (C=O) groups excluding carboxylic acids is 1. The number of hydrogen-bond acceptors (Lipinski definition) is 4. The summed E-state index contributed by atoms with van der Waals surface area (Å²) in [6, 6.07) is 16.5. The van der Waals surface area contributed by atoms with Gasteiger partial charge in [-0.3, -0.25) is 4.79 Å². The van der Waals surface area contributed by atoms with E-state index in [9.17, 15) is 4.79 Å². The Morgan fingerprint density at radius 1 is 1.09 bits per heavy atom. The van der Waals surface area contributed by atoms with Crippen molar-refractivity contribution >= 4 is 22.9 Å². The Bertz CT molecular complexity index is 1020. The lowest BCUT2D eigenvalue weighted by Crippen LogP contribution is -2.33. The molecular weight excluding hydrogens is 414 g/mol. The molecule has 5 heteroatoms. The van der Waals surface area contributed by atoms with Crippen molar-refractivity contribution < 1.29 is 4.79 Å². The number of aromatic nitrogens is 1. The molecule has 0 bridgehead atoms. The van der Waals surface area contributed by atoms with Gasteiger partial charge in [0.2, 0.25) is 0 Å². The zero-order chi connectivity index (χ0) is 22.3. The molecular formula is C27H33N3OS. The van der Waals surface area contributed by atoms with Crippen LogP contribution in [0.5, 0.6) is 0 Å². The summed E-state index contributed by atoms with van der Waals surface area (Å²) in [4.78, 5) is 20.3. The molecule has 1 aromatic heterocycles. The Balaban J connectivity index is 1.42. The Morgan fingerprint density at radius 3 is 2.56 bits per heavy atom. The number of nitrogens with zero attached hydrogens (tertiary/aromatic N) is 2. The number of aryl methyl sites for hydroxylation is 1. The maximum atomic E-state index is 13.0. The van der Waals surface area contributed by atoms with Crippen LogP contribution in [0.3, 0.4) is 0 Å². The number of benzene rings is 2. The summed E-state index contributed by atoms with van der Waals surface area (Å²) < 4.78 is 0. The number of hydrogen-bond donors (Lipinski definition) is 1. The van der Waals surface area contributed by atoms with Crippen molar-refractivity contribution in [1.29, 1.82) is 0 Å². The molecule has 0 spiro atoms. The summed E-state index contributed by atoms with van der Waals surface area (Å²) in [5.74, 6) is 0.342. The van der Waals surface area contributed by atoms with Crippen molar-refractivity contribution in [2.45, 2.75) is 51.9 Å². The van der Waals surface area contributed by atoms with E-state index in [0.29, 0.717) is 11.6 Å². The number of anilines is 1. The molecule has 4 rings (SSSR count). The molecule has 0 aliphatic carbocycles. The molecule has 168 valence electrons. The summed E-state index contributed by atoms with van der Waals surface area (Å²) >= 11 is 1.63. The third-order valence-corrected chi connectivity index (χ3v) is 7.37. The highest BCUT2D eigenvalue weighted by molar-refractivity contribution is 7.10. The molecule has 1 saturated heterocycles. The zero-order valence-corrected chi connectivity index (χ0v) is 20.0. The largest absolute Gasteiger partial charge is 0.320 e. The van der Waals surface area contributed by atoms with Gasteiger partial charge in [0.05, 0.1) is 5.01 Å². The number of piperidine rings is 1. The van der Waals surface area contributed by atoms with Crippen LogP contribution in [0.1, 0.15) is 66.5 Å². The highest BCUT2D eigenvalue weighted by atomic mass is 32.1. The van der Waals surface area contributed by atoms with Crippen LogP contribution in [0.4, 0.5) is 5.69 Å². The van der Waals surface area contributed by atoms with E-state index in [2.05, 4.69) is 54.4 Å². The molecule has 0 radical (unpaired) electrons. The Kier molecular flexibility index (Phi) is 7.72. The van der Waals surface area contributed by atoms with Crippen molar-refractivity contribution in [3.63, 3.8) is 0 Å². The van der Waals surface area contributed by atoms with E-state index in [4.69, 9.17) is 4.98 Å². The van der Waals surface area contributed by atoms with Crippen LogP contribution in [0, 0.1) is 0 Å². The lowest BCUT2D eigenvalue weighted by atomic mass is 9.97. The molecule has 32 heavy (non-hydrogen) atoms. The first-order valence-electron chi connectivity index (χ1n) is 11.9. The minimum absolute atomic E-state index is 0.134. The molecule has 4 nitrogen and oxygen atoms in total. The number of para-hydroxylation sites is 1. The molecule has 0 atom stereocenters. The quantitative estimate of drug-likeness (QED) is 0.423. The van der Waals surface area contributed by atoms with Crippen molar-refractivity contribution in [1.82, 2.24) is 9.88 Å². The second-order valence-electron chi connectivity index (χ2n) is 8.59. The van der Waals surface area contributed by atoms with Gasteiger partial charge in [-0.05, 0) is 62.5 Å². The Hall–Kier alpha value is -2.50. The van der Waals surface area contributed by atoms with E-state index in [1.807, 2.05) is 23.6 Å². The zero-order valence-electron chi connectivity index (χ0n) is 19.1. The number of thiazole rings is 1. The highest BCUT2D eigenvalue weighted by Gasteiger charge is 2.24. The molecule has 3 aromatic rings. The van der Waals surface area contributed by atoms with Gasteiger partial charge >= 0.3 is 0 Å². The number of nitrogens with one attached hydrogen (secondary N) is 1. The van der Waals surface area contributed by atoms with Gasteiger partial charge in [0.1, 0.15) is 5.69 Å². The molecule has 0 unspecified atom stereocenters. The maximum Gasteiger partial charge on any atom is 0.275 e. The second kappa shape index (κ2) is 10.9. The first-order valence-corrected chi connectivity index (χ1v) is 12.7. The van der Waals surface area contributed by atoms with E-state index >= 15 is 0 Å². The van der Waals surface area contributed by atoms with Gasteiger partial charge in [-0.25, -0.2) is 4.98 Å². The van der Waals surface area contributed by atoms with E-state index in [1.165, 1.54) is 24.9 Å². The highest BCUT2D eigenvalue weighted by Crippen LogP contribution is 2.32. The molecule has 0 saturated carbocycles. The van der Waals surface area contributed by atoms with E-state index < -0.39 is 0 Å². The molecule has 2 aromatic carbocycles. The van der Waals surface area contributed by atoms with Gasteiger partial charge in [0.15, 0.2) is 0 Å². The lowest BCUT2D eigenvalue weighted by Gasteiger charge is -2.30. The van der Waals surface area contributed by atoms with Gasteiger partial charge in [0.25, 0.3) is 5.91 Å². The standard InChI is InChI=1S/C27H33N3OS/c1-3-5-16-30-17-14-22(15-18-30)27-29-25(19-32-27)26(31)28-24-9-7-6-8-23(24)21-12-10-20(4-2)11-13-21/h6-13,19,22H,3-5,14-18H2,1-2H3,(H,28,31). The first-order chi connectivity index (χ1) is 15.7. The number of amides is 1. The van der Waals surface area contributed by atoms with Gasteiger partial charge in [-0.15, -0.1) is 11.3 Å². The van der Waals surface area contributed by atoms with E-state index in [0.717, 1.165) is 54.2 Å². The fourth-order valence-electron chi connectivity index (χ4n) is 4.31. The summed E-state index contributed by atoms with van der Waals surface area (Å²) in [6.45, 7) is 7.87. The number of carbonyl (C=O) groups is 1. The molecule has 1 fully saturated rings. The van der Waals surface area contributed by atoms with E-state index in [1.54, 1.807) is 11.3 Å². The molecule has 1 aliphatic heterocycles. The topological polar surface area (TPSA) is 45.2 Å². The predicted molar refractivity (Wildman–Crippen MR) is 135 cm³/mol. The van der Waals surface area contributed by atoms with Gasteiger partial charge in [-0.1, -0.05) is 62.7 Å². The Morgan fingerprint density at radius 2 is 1.84 bits per heavy atom. The summed E-state index contributed by atoms with van der Waals surface area (Å²) in [6.07, 6.45) is 5.81. The fraction of sp³-hybridized carbons (Fsp3) is 0.407. The van der Waals surface area contributed by atoms with Crippen LogP contribution in [0.2, 0.25) is 0 Å². The van der Waals surface area contributed by atoms with E-state index in [-0.39, 0.29) is 5.91 Å². The number of rotatable bonds is 8. The fourth-order valence-corrected chi connectivity index (χ4v) is 5.29. The minimum atomic E-state index is -0.134. The van der Waals surface area contributed by atoms with Crippen LogP contribution >= 0.6 is 11.3 Å². The monoisotopic (exact) mass is 447 g/mol. The molecule has 1 amide bonds. The van der Waals surface area contributed by atoms with Crippen LogP contribution in [0.25, 0.3) is 11.1 Å². The average molecular weight is 448 g/mol. The van der Waals surface area contributed by atoms with Gasteiger partial charge in [0, 0.05) is 22.5 Å². The van der Waals surface area contributed by atoms with Crippen LogP contribution < -0.4 is 5.32 Å². The number of unbranched alkanes of at least 4 members (excludes halogenated alkanes) is 1. The average Bonchev–Trinajstić information content (AvgIpc) is 3.34. The van der Waals surface area contributed by atoms with Crippen molar-refractivity contribution in [2.75, 3.05) is 25.0 Å². The van der Waals surface area contributed by atoms with Crippen molar-refractivity contribution in [3.8, 4) is 11.1 Å². The Labute approximate surface area is 195 Å². The summed E-state index contributed by atoms with van der Waals surface area (Å²) in [5.41, 5.74) is 4.78. The first kappa shape index (κ1) is 22.7. The predicted octanol–water partition coefficient (Wildman–Crippen LogP) is 6.60. The maximum absolute atomic E-state index is 13.0. The summed E-state index contributed by atoms with van der Waals surface area (Å²) in [7, 11) is 0. The molecule has 1 aliphatic rings. The van der Waals surface area contributed by atoms with Crippen LogP contribution in [-0.4, -0.2) is 35.4 Å². The number of likely N-dealkylation sites (tertiary alicyclic amines) is 1. The van der Waals surface area contributed by atoms with Crippen LogP contribution in [-0.2, 0) is 6.42 Å². The third kappa shape index (κ3) is 5.45. The third-order valence-electron chi connectivity index (χ3n) is 6.37. The molecule has 1 N–H and O–H groups in total.